The standard InChI is InChI=1S/C24H23ClN2O5S/c1-16-3-7-20(13-17(16)2)27(33(29,30)21-8-4-18(25)5-9-21)15-24(28)26-19-6-10-22-23(14-19)32-12-11-31-22/h3-10,13-14H,11-12,15H2,1-2H3,(H,26,28). The Bertz CT molecular complexity index is 1290. The molecule has 0 fully saturated rings. The van der Waals surface area contributed by atoms with E-state index in [0.717, 1.165) is 15.4 Å². The van der Waals surface area contributed by atoms with E-state index < -0.39 is 22.5 Å². The number of halogens is 1. The number of carbonyl (C=O) groups excluding carboxylic acids is 1. The minimum Gasteiger partial charge on any atom is -0.486 e. The fraction of sp³-hybridized carbons (Fsp3) is 0.208. The lowest BCUT2D eigenvalue weighted by molar-refractivity contribution is -0.114. The average Bonchev–Trinajstić information content (AvgIpc) is 2.79. The van der Waals surface area contributed by atoms with Crippen molar-refractivity contribution in [3.05, 3.63) is 76.8 Å². The van der Waals surface area contributed by atoms with E-state index in [1.807, 2.05) is 19.9 Å². The molecule has 3 aromatic rings. The second-order valence-corrected chi connectivity index (χ2v) is 9.94. The van der Waals surface area contributed by atoms with Crippen LogP contribution in [0.1, 0.15) is 11.1 Å². The fourth-order valence-corrected chi connectivity index (χ4v) is 4.92. The minimum absolute atomic E-state index is 0.0391. The van der Waals surface area contributed by atoms with Crippen LogP contribution in [-0.2, 0) is 14.8 Å². The van der Waals surface area contributed by atoms with Crippen LogP contribution in [0.5, 0.6) is 11.5 Å². The molecule has 33 heavy (non-hydrogen) atoms. The number of ether oxygens (including phenoxy) is 2. The molecule has 3 aromatic carbocycles. The van der Waals surface area contributed by atoms with Gasteiger partial charge < -0.3 is 14.8 Å². The lowest BCUT2D eigenvalue weighted by atomic mass is 10.1. The highest BCUT2D eigenvalue weighted by atomic mass is 35.5. The van der Waals surface area contributed by atoms with Gasteiger partial charge in [0.2, 0.25) is 5.91 Å². The molecule has 0 radical (unpaired) electrons. The molecule has 0 saturated carbocycles. The quantitative estimate of drug-likeness (QED) is 0.552. The van der Waals surface area contributed by atoms with Crippen molar-refractivity contribution >= 4 is 38.9 Å². The summed E-state index contributed by atoms with van der Waals surface area (Å²) in [5.74, 6) is 0.627. The number of hydrogen-bond acceptors (Lipinski definition) is 5. The Balaban J connectivity index is 1.64. The molecule has 4 rings (SSSR count). The summed E-state index contributed by atoms with van der Waals surface area (Å²) in [5.41, 5.74) is 2.80. The number of aryl methyl sites for hydroxylation is 2. The molecule has 1 amide bonds. The fourth-order valence-electron chi connectivity index (χ4n) is 3.38. The number of hydrogen-bond donors (Lipinski definition) is 1. The van der Waals surface area contributed by atoms with Gasteiger partial charge in [0, 0.05) is 16.8 Å². The maximum absolute atomic E-state index is 13.5. The van der Waals surface area contributed by atoms with Crippen LogP contribution in [-0.4, -0.2) is 34.1 Å². The second-order valence-electron chi connectivity index (χ2n) is 7.64. The number of nitrogens with one attached hydrogen (secondary N) is 1. The molecule has 1 aliphatic heterocycles. The van der Waals surface area contributed by atoms with Gasteiger partial charge in [-0.3, -0.25) is 9.10 Å². The Hall–Kier alpha value is -3.23. The number of sulfonamides is 1. The van der Waals surface area contributed by atoms with Crippen LogP contribution in [0.25, 0.3) is 0 Å². The van der Waals surface area contributed by atoms with Crippen LogP contribution in [0, 0.1) is 13.8 Å². The first-order valence-corrected chi connectivity index (χ1v) is 12.1. The summed E-state index contributed by atoms with van der Waals surface area (Å²) in [5, 5.41) is 3.17. The number of benzene rings is 3. The number of fused-ring (bicyclic) bond motifs is 1. The third-order valence-electron chi connectivity index (χ3n) is 5.29. The van der Waals surface area contributed by atoms with Crippen molar-refractivity contribution in [1.29, 1.82) is 0 Å². The summed E-state index contributed by atoms with van der Waals surface area (Å²) < 4.78 is 39.1. The molecule has 0 unspecified atom stereocenters. The van der Waals surface area contributed by atoms with E-state index in [-0.39, 0.29) is 4.90 Å². The van der Waals surface area contributed by atoms with Crippen LogP contribution >= 0.6 is 11.6 Å². The zero-order valence-electron chi connectivity index (χ0n) is 18.2. The van der Waals surface area contributed by atoms with E-state index in [2.05, 4.69) is 5.32 Å². The van der Waals surface area contributed by atoms with Crippen molar-refractivity contribution in [2.24, 2.45) is 0 Å². The van der Waals surface area contributed by atoms with E-state index in [1.54, 1.807) is 30.3 Å². The molecule has 0 aliphatic carbocycles. The van der Waals surface area contributed by atoms with Crippen molar-refractivity contribution in [3.8, 4) is 11.5 Å². The van der Waals surface area contributed by atoms with E-state index >= 15 is 0 Å². The molecule has 7 nitrogen and oxygen atoms in total. The van der Waals surface area contributed by atoms with Gasteiger partial charge in [-0.25, -0.2) is 8.42 Å². The van der Waals surface area contributed by atoms with Crippen LogP contribution in [0.15, 0.2) is 65.6 Å². The van der Waals surface area contributed by atoms with Gasteiger partial charge in [-0.15, -0.1) is 0 Å². The molecule has 0 bridgehead atoms. The SMILES string of the molecule is Cc1ccc(N(CC(=O)Nc2ccc3c(c2)OCCO3)S(=O)(=O)c2ccc(Cl)cc2)cc1C. The van der Waals surface area contributed by atoms with E-state index in [1.165, 1.54) is 24.3 Å². The first-order chi connectivity index (χ1) is 15.7. The largest absolute Gasteiger partial charge is 0.486 e. The first kappa shape index (κ1) is 22.9. The third-order valence-corrected chi connectivity index (χ3v) is 7.33. The highest BCUT2D eigenvalue weighted by Gasteiger charge is 2.28. The Labute approximate surface area is 197 Å². The highest BCUT2D eigenvalue weighted by molar-refractivity contribution is 7.92. The van der Waals surface area contributed by atoms with Crippen molar-refractivity contribution < 1.29 is 22.7 Å². The Morgan fingerprint density at radius 1 is 0.939 bits per heavy atom. The zero-order valence-corrected chi connectivity index (χ0v) is 19.7. The van der Waals surface area contributed by atoms with E-state index in [9.17, 15) is 13.2 Å². The van der Waals surface area contributed by atoms with Gasteiger partial charge in [-0.2, -0.15) is 0 Å². The number of nitrogens with zero attached hydrogens (tertiary/aromatic N) is 1. The smallest absolute Gasteiger partial charge is 0.264 e. The lowest BCUT2D eigenvalue weighted by Crippen LogP contribution is -2.38. The first-order valence-electron chi connectivity index (χ1n) is 10.3. The van der Waals surface area contributed by atoms with Gasteiger partial charge in [-0.1, -0.05) is 17.7 Å². The maximum Gasteiger partial charge on any atom is 0.264 e. The molecule has 172 valence electrons. The second kappa shape index (κ2) is 9.33. The summed E-state index contributed by atoms with van der Waals surface area (Å²) in [4.78, 5) is 13.0. The van der Waals surface area contributed by atoms with Crippen molar-refractivity contribution in [1.82, 2.24) is 0 Å². The molecule has 0 aromatic heterocycles. The average molecular weight is 487 g/mol. The van der Waals surface area contributed by atoms with Crippen molar-refractivity contribution in [2.75, 3.05) is 29.4 Å². The monoisotopic (exact) mass is 486 g/mol. The molecule has 1 heterocycles. The summed E-state index contributed by atoms with van der Waals surface area (Å²) >= 11 is 5.93. The van der Waals surface area contributed by atoms with E-state index in [4.69, 9.17) is 21.1 Å². The van der Waals surface area contributed by atoms with Crippen molar-refractivity contribution in [2.45, 2.75) is 18.7 Å². The van der Waals surface area contributed by atoms with Gasteiger partial charge in [0.05, 0.1) is 10.6 Å². The molecule has 0 spiro atoms. The van der Waals surface area contributed by atoms with Gasteiger partial charge in [0.15, 0.2) is 11.5 Å². The summed E-state index contributed by atoms with van der Waals surface area (Å²) in [7, 11) is -4.03. The number of carbonyl (C=O) groups is 1. The normalized spacial score (nSPS) is 12.8. The Kier molecular flexibility index (Phi) is 6.49. The van der Waals surface area contributed by atoms with Gasteiger partial charge in [0.25, 0.3) is 10.0 Å². The third kappa shape index (κ3) is 5.07. The molecule has 1 aliphatic rings. The number of amides is 1. The predicted molar refractivity (Wildman–Crippen MR) is 128 cm³/mol. The topological polar surface area (TPSA) is 84.9 Å². The van der Waals surface area contributed by atoms with Crippen LogP contribution in [0.4, 0.5) is 11.4 Å². The zero-order chi connectivity index (χ0) is 23.6. The summed E-state index contributed by atoms with van der Waals surface area (Å²) in [6.45, 7) is 4.30. The summed E-state index contributed by atoms with van der Waals surface area (Å²) in [6.07, 6.45) is 0. The van der Waals surface area contributed by atoms with Crippen LogP contribution in [0.3, 0.4) is 0 Å². The molecule has 0 saturated heterocycles. The minimum atomic E-state index is -4.03. The predicted octanol–water partition coefficient (Wildman–Crippen LogP) is 4.56. The number of rotatable bonds is 6. The van der Waals surface area contributed by atoms with E-state index in [0.29, 0.717) is 41.1 Å². The molecular weight excluding hydrogens is 464 g/mol. The van der Waals surface area contributed by atoms with Gasteiger partial charge in [0.1, 0.15) is 19.8 Å². The van der Waals surface area contributed by atoms with Gasteiger partial charge in [-0.05, 0) is 73.5 Å². The Morgan fingerprint density at radius 2 is 1.64 bits per heavy atom. The highest BCUT2D eigenvalue weighted by Crippen LogP contribution is 2.33. The Morgan fingerprint density at radius 3 is 2.33 bits per heavy atom. The van der Waals surface area contributed by atoms with Crippen molar-refractivity contribution in [3.63, 3.8) is 0 Å². The number of anilines is 2. The van der Waals surface area contributed by atoms with Gasteiger partial charge >= 0.3 is 0 Å². The summed E-state index contributed by atoms with van der Waals surface area (Å²) in [6, 6.07) is 16.1. The maximum atomic E-state index is 13.5. The molecule has 0 atom stereocenters. The molecule has 1 N–H and O–H groups in total. The van der Waals surface area contributed by atoms with Crippen LogP contribution in [0.2, 0.25) is 5.02 Å². The molecular formula is C24H23ClN2O5S. The molecule has 9 heteroatoms. The lowest BCUT2D eigenvalue weighted by Gasteiger charge is -2.25. The van der Waals surface area contributed by atoms with Crippen LogP contribution < -0.4 is 19.1 Å².